The smallest absolute Gasteiger partial charge is 0.270 e. The summed E-state index contributed by atoms with van der Waals surface area (Å²) in [6.07, 6.45) is 4.80. The summed E-state index contributed by atoms with van der Waals surface area (Å²) in [4.78, 5) is 24.6. The summed E-state index contributed by atoms with van der Waals surface area (Å²) in [5.74, 6) is 1.26. The van der Waals surface area contributed by atoms with Crippen LogP contribution in [-0.4, -0.2) is 29.0 Å². The van der Waals surface area contributed by atoms with Crippen LogP contribution in [0.4, 0.5) is 5.82 Å². The first-order chi connectivity index (χ1) is 14.3. The van der Waals surface area contributed by atoms with Crippen molar-refractivity contribution < 1.29 is 4.79 Å². The van der Waals surface area contributed by atoms with Crippen LogP contribution in [0.3, 0.4) is 0 Å². The summed E-state index contributed by atoms with van der Waals surface area (Å²) < 4.78 is 0. The van der Waals surface area contributed by atoms with Crippen molar-refractivity contribution in [2.45, 2.75) is 32.2 Å². The van der Waals surface area contributed by atoms with Gasteiger partial charge >= 0.3 is 0 Å². The molecule has 1 amide bonds. The number of carbonyl (C=O) groups is 1. The van der Waals surface area contributed by atoms with Gasteiger partial charge in [0.25, 0.3) is 5.91 Å². The third-order valence-electron chi connectivity index (χ3n) is 5.20. The molecule has 5 nitrogen and oxygen atoms in total. The van der Waals surface area contributed by atoms with Crippen molar-refractivity contribution in [2.24, 2.45) is 0 Å². The predicted octanol–water partition coefficient (Wildman–Crippen LogP) is 4.45. The highest BCUT2D eigenvalue weighted by Gasteiger charge is 2.17. The molecule has 0 radical (unpaired) electrons. The molecule has 3 aromatic rings. The summed E-state index contributed by atoms with van der Waals surface area (Å²) >= 11 is 0. The van der Waals surface area contributed by atoms with Crippen LogP contribution in [0.15, 0.2) is 66.7 Å². The highest BCUT2D eigenvalue weighted by Crippen LogP contribution is 2.23. The SMILES string of the molecule is O=C(NCc1ccccc1)c1cc(N2CCCCCC2)nc(-c2ccccc2)n1. The van der Waals surface area contributed by atoms with E-state index in [1.54, 1.807) is 0 Å². The van der Waals surface area contributed by atoms with E-state index in [1.807, 2.05) is 66.7 Å². The molecule has 1 aliphatic rings. The number of hydrogen-bond donors (Lipinski definition) is 1. The Morgan fingerprint density at radius 2 is 1.52 bits per heavy atom. The first-order valence-electron chi connectivity index (χ1n) is 10.3. The van der Waals surface area contributed by atoms with Gasteiger partial charge < -0.3 is 10.2 Å². The third-order valence-corrected chi connectivity index (χ3v) is 5.20. The van der Waals surface area contributed by atoms with Crippen LogP contribution < -0.4 is 10.2 Å². The predicted molar refractivity (Wildman–Crippen MR) is 116 cm³/mol. The zero-order valence-corrected chi connectivity index (χ0v) is 16.6. The molecule has 1 N–H and O–H groups in total. The van der Waals surface area contributed by atoms with Crippen molar-refractivity contribution in [3.63, 3.8) is 0 Å². The molecule has 1 aromatic heterocycles. The number of anilines is 1. The Bertz CT molecular complexity index is 936. The fourth-order valence-corrected chi connectivity index (χ4v) is 3.60. The van der Waals surface area contributed by atoms with Crippen molar-refractivity contribution in [1.29, 1.82) is 0 Å². The molecule has 0 bridgehead atoms. The molecular formula is C24H26N4O. The Hall–Kier alpha value is -3.21. The quantitative estimate of drug-likeness (QED) is 0.704. The first kappa shape index (κ1) is 19.1. The molecule has 1 fully saturated rings. The molecule has 29 heavy (non-hydrogen) atoms. The van der Waals surface area contributed by atoms with Gasteiger partial charge in [-0.05, 0) is 18.4 Å². The van der Waals surface area contributed by atoms with E-state index >= 15 is 0 Å². The van der Waals surface area contributed by atoms with Crippen LogP contribution in [0.25, 0.3) is 11.4 Å². The maximum Gasteiger partial charge on any atom is 0.270 e. The number of hydrogen-bond acceptors (Lipinski definition) is 4. The number of nitrogens with one attached hydrogen (secondary N) is 1. The van der Waals surface area contributed by atoms with Crippen molar-refractivity contribution in [1.82, 2.24) is 15.3 Å². The second kappa shape index (κ2) is 9.32. The summed E-state index contributed by atoms with van der Waals surface area (Å²) in [5.41, 5.74) is 2.39. The number of carbonyl (C=O) groups excluding carboxylic acids is 1. The zero-order chi connectivity index (χ0) is 19.9. The Morgan fingerprint density at radius 1 is 0.862 bits per heavy atom. The van der Waals surface area contributed by atoms with E-state index in [9.17, 15) is 4.79 Å². The van der Waals surface area contributed by atoms with Gasteiger partial charge in [0.05, 0.1) is 0 Å². The van der Waals surface area contributed by atoms with Gasteiger partial charge in [0.15, 0.2) is 5.82 Å². The molecule has 4 rings (SSSR count). The fourth-order valence-electron chi connectivity index (χ4n) is 3.60. The standard InChI is InChI=1S/C24H26N4O/c29-24(25-18-19-11-5-3-6-12-19)21-17-22(28-15-9-1-2-10-16-28)27-23(26-21)20-13-7-4-8-14-20/h3-8,11-14,17H,1-2,9-10,15-16,18H2,(H,25,29). The molecular weight excluding hydrogens is 360 g/mol. The monoisotopic (exact) mass is 386 g/mol. The molecule has 2 heterocycles. The lowest BCUT2D eigenvalue weighted by Crippen LogP contribution is -2.28. The average molecular weight is 386 g/mol. The Morgan fingerprint density at radius 3 is 2.21 bits per heavy atom. The number of benzene rings is 2. The van der Waals surface area contributed by atoms with Gasteiger partial charge in [-0.25, -0.2) is 9.97 Å². The Kier molecular flexibility index (Phi) is 6.15. The van der Waals surface area contributed by atoms with Crippen LogP contribution in [-0.2, 0) is 6.54 Å². The summed E-state index contributed by atoms with van der Waals surface area (Å²) in [6.45, 7) is 2.41. The minimum absolute atomic E-state index is 0.176. The van der Waals surface area contributed by atoms with Crippen LogP contribution in [0.2, 0.25) is 0 Å². The van der Waals surface area contributed by atoms with E-state index in [0.29, 0.717) is 18.1 Å². The topological polar surface area (TPSA) is 58.1 Å². The second-order valence-electron chi connectivity index (χ2n) is 7.37. The van der Waals surface area contributed by atoms with E-state index < -0.39 is 0 Å². The number of rotatable bonds is 5. The maximum atomic E-state index is 12.9. The summed E-state index contributed by atoms with van der Waals surface area (Å²) in [5, 5.41) is 2.99. The largest absolute Gasteiger partial charge is 0.356 e. The fraction of sp³-hybridized carbons (Fsp3) is 0.292. The minimum Gasteiger partial charge on any atom is -0.356 e. The highest BCUT2D eigenvalue weighted by molar-refractivity contribution is 5.93. The lowest BCUT2D eigenvalue weighted by atomic mass is 10.2. The van der Waals surface area contributed by atoms with Crippen LogP contribution >= 0.6 is 0 Å². The molecule has 0 aliphatic carbocycles. The number of nitrogens with zero attached hydrogens (tertiary/aromatic N) is 3. The van der Waals surface area contributed by atoms with Crippen LogP contribution in [0.5, 0.6) is 0 Å². The summed E-state index contributed by atoms with van der Waals surface area (Å²) in [6, 6.07) is 21.6. The van der Waals surface area contributed by atoms with Gasteiger partial charge in [0.1, 0.15) is 11.5 Å². The molecule has 1 saturated heterocycles. The number of aromatic nitrogens is 2. The van der Waals surface area contributed by atoms with Crippen molar-refractivity contribution in [3.05, 3.63) is 78.0 Å². The molecule has 148 valence electrons. The minimum atomic E-state index is -0.176. The van der Waals surface area contributed by atoms with Crippen molar-refractivity contribution >= 4 is 11.7 Å². The third kappa shape index (κ3) is 4.99. The molecule has 0 spiro atoms. The lowest BCUT2D eigenvalue weighted by molar-refractivity contribution is 0.0946. The number of amides is 1. The average Bonchev–Trinajstić information content (AvgIpc) is 3.08. The molecule has 2 aromatic carbocycles. The van der Waals surface area contributed by atoms with E-state index in [2.05, 4.69) is 15.2 Å². The highest BCUT2D eigenvalue weighted by atomic mass is 16.1. The van der Waals surface area contributed by atoms with Crippen LogP contribution in [0.1, 0.15) is 41.7 Å². The maximum absolute atomic E-state index is 12.9. The van der Waals surface area contributed by atoms with Crippen molar-refractivity contribution in [3.8, 4) is 11.4 Å². The van der Waals surface area contributed by atoms with Gasteiger partial charge in [-0.1, -0.05) is 73.5 Å². The zero-order valence-electron chi connectivity index (χ0n) is 16.6. The molecule has 5 heteroatoms. The van der Waals surface area contributed by atoms with Gasteiger partial charge in [0, 0.05) is 31.3 Å². The van der Waals surface area contributed by atoms with Gasteiger partial charge in [-0.2, -0.15) is 0 Å². The molecule has 1 aliphatic heterocycles. The van der Waals surface area contributed by atoms with Gasteiger partial charge in [0.2, 0.25) is 0 Å². The summed E-state index contributed by atoms with van der Waals surface area (Å²) in [7, 11) is 0. The van der Waals surface area contributed by atoms with Crippen molar-refractivity contribution in [2.75, 3.05) is 18.0 Å². The molecule has 0 saturated carbocycles. The van der Waals surface area contributed by atoms with Crippen LogP contribution in [0, 0.1) is 0 Å². The van der Waals surface area contributed by atoms with E-state index in [4.69, 9.17) is 4.98 Å². The van der Waals surface area contributed by atoms with E-state index in [1.165, 1.54) is 12.8 Å². The molecule has 0 atom stereocenters. The van der Waals surface area contributed by atoms with E-state index in [-0.39, 0.29) is 5.91 Å². The van der Waals surface area contributed by atoms with Gasteiger partial charge in [-0.15, -0.1) is 0 Å². The Balaban J connectivity index is 1.62. The first-order valence-corrected chi connectivity index (χ1v) is 10.3. The molecule has 0 unspecified atom stereocenters. The second-order valence-corrected chi connectivity index (χ2v) is 7.37. The van der Waals surface area contributed by atoms with E-state index in [0.717, 1.165) is 42.9 Å². The lowest BCUT2D eigenvalue weighted by Gasteiger charge is -2.22. The Labute approximate surface area is 171 Å². The van der Waals surface area contributed by atoms with Gasteiger partial charge in [-0.3, -0.25) is 4.79 Å². The normalized spacial score (nSPS) is 14.3.